The molecule has 0 aromatic rings. The molecule has 2 atom stereocenters. The highest BCUT2D eigenvalue weighted by molar-refractivity contribution is 4.86. The first-order valence-electron chi connectivity index (χ1n) is 5.68. The van der Waals surface area contributed by atoms with Gasteiger partial charge in [0.1, 0.15) is 0 Å². The molecule has 0 amide bonds. The van der Waals surface area contributed by atoms with Gasteiger partial charge in [-0.05, 0) is 18.4 Å². The van der Waals surface area contributed by atoms with Crippen molar-refractivity contribution in [1.82, 2.24) is 5.32 Å². The van der Waals surface area contributed by atoms with Crippen LogP contribution in [0, 0.1) is 17.8 Å². The smallest absolute Gasteiger partial charge is 0.0937 e. The van der Waals surface area contributed by atoms with Crippen molar-refractivity contribution < 1.29 is 4.39 Å². The van der Waals surface area contributed by atoms with Crippen molar-refractivity contribution >= 4 is 0 Å². The van der Waals surface area contributed by atoms with E-state index in [1.165, 1.54) is 32.1 Å². The molecule has 2 heteroatoms. The highest BCUT2D eigenvalue weighted by Crippen LogP contribution is 2.35. The first-order chi connectivity index (χ1) is 6.42. The van der Waals surface area contributed by atoms with Gasteiger partial charge in [-0.25, -0.2) is 0 Å². The van der Waals surface area contributed by atoms with Crippen molar-refractivity contribution in [3.05, 3.63) is 0 Å². The van der Waals surface area contributed by atoms with Crippen LogP contribution >= 0.6 is 0 Å². The van der Waals surface area contributed by atoms with Crippen LogP contribution in [0.15, 0.2) is 0 Å². The van der Waals surface area contributed by atoms with Crippen molar-refractivity contribution in [3.8, 4) is 0 Å². The van der Waals surface area contributed by atoms with Crippen molar-refractivity contribution in [2.24, 2.45) is 17.8 Å². The standard InChI is InChI=1S/C11H20FN/c12-6-10-7-13-8-11(10)9-4-2-1-3-5-9/h9-11,13H,1-8H2/t10-,11-/m1/s1. The van der Waals surface area contributed by atoms with Crippen molar-refractivity contribution in [1.29, 1.82) is 0 Å². The van der Waals surface area contributed by atoms with Gasteiger partial charge in [-0.1, -0.05) is 32.1 Å². The summed E-state index contributed by atoms with van der Waals surface area (Å²) in [5.41, 5.74) is 0. The van der Waals surface area contributed by atoms with Crippen molar-refractivity contribution in [2.75, 3.05) is 19.8 Å². The maximum absolute atomic E-state index is 12.7. The van der Waals surface area contributed by atoms with Crippen LogP contribution in [0.3, 0.4) is 0 Å². The second kappa shape index (κ2) is 4.41. The van der Waals surface area contributed by atoms with E-state index in [1.54, 1.807) is 0 Å². The number of nitrogens with one attached hydrogen (secondary N) is 1. The Bertz CT molecular complexity index is 154. The molecule has 1 aliphatic heterocycles. The molecule has 2 aliphatic rings. The van der Waals surface area contributed by atoms with Crippen LogP contribution in [0.5, 0.6) is 0 Å². The summed E-state index contributed by atoms with van der Waals surface area (Å²) in [6, 6.07) is 0. The van der Waals surface area contributed by atoms with E-state index in [1.807, 2.05) is 0 Å². The number of hydrogen-bond acceptors (Lipinski definition) is 1. The monoisotopic (exact) mass is 185 g/mol. The van der Waals surface area contributed by atoms with E-state index in [0.29, 0.717) is 11.8 Å². The van der Waals surface area contributed by atoms with Gasteiger partial charge in [0.05, 0.1) is 6.67 Å². The second-order valence-corrected chi connectivity index (χ2v) is 4.63. The predicted octanol–water partition coefficient (Wildman–Crippen LogP) is 2.37. The van der Waals surface area contributed by atoms with Gasteiger partial charge in [0.25, 0.3) is 0 Å². The normalized spacial score (nSPS) is 36.7. The minimum Gasteiger partial charge on any atom is -0.316 e. The number of hydrogen-bond donors (Lipinski definition) is 1. The number of alkyl halides is 1. The van der Waals surface area contributed by atoms with E-state index in [9.17, 15) is 4.39 Å². The summed E-state index contributed by atoms with van der Waals surface area (Å²) in [4.78, 5) is 0. The maximum atomic E-state index is 12.7. The van der Waals surface area contributed by atoms with Gasteiger partial charge in [0.15, 0.2) is 0 Å². The highest BCUT2D eigenvalue weighted by atomic mass is 19.1. The molecule has 1 saturated carbocycles. The fraction of sp³-hybridized carbons (Fsp3) is 1.00. The van der Waals surface area contributed by atoms with Gasteiger partial charge >= 0.3 is 0 Å². The van der Waals surface area contributed by atoms with E-state index in [-0.39, 0.29) is 6.67 Å². The summed E-state index contributed by atoms with van der Waals surface area (Å²) < 4.78 is 12.7. The Balaban J connectivity index is 1.90. The van der Waals surface area contributed by atoms with Gasteiger partial charge in [-0.15, -0.1) is 0 Å². The molecule has 0 aromatic heterocycles. The van der Waals surface area contributed by atoms with Crippen LogP contribution in [-0.2, 0) is 0 Å². The Hall–Kier alpha value is -0.110. The van der Waals surface area contributed by atoms with E-state index in [4.69, 9.17) is 0 Å². The van der Waals surface area contributed by atoms with E-state index in [2.05, 4.69) is 5.32 Å². The van der Waals surface area contributed by atoms with Crippen LogP contribution in [0.4, 0.5) is 4.39 Å². The molecule has 1 aliphatic carbocycles. The number of rotatable bonds is 2. The molecule has 0 bridgehead atoms. The summed E-state index contributed by atoms with van der Waals surface area (Å²) in [6.45, 7) is 1.87. The zero-order chi connectivity index (χ0) is 9.10. The summed E-state index contributed by atoms with van der Waals surface area (Å²) in [5, 5.41) is 3.33. The molecule has 2 fully saturated rings. The molecule has 1 nitrogen and oxygen atoms in total. The lowest BCUT2D eigenvalue weighted by molar-refractivity contribution is 0.193. The van der Waals surface area contributed by atoms with Crippen LogP contribution < -0.4 is 5.32 Å². The van der Waals surface area contributed by atoms with Crippen molar-refractivity contribution in [3.63, 3.8) is 0 Å². The average Bonchev–Trinajstić information content (AvgIpc) is 2.67. The highest BCUT2D eigenvalue weighted by Gasteiger charge is 2.33. The number of halogens is 1. The van der Waals surface area contributed by atoms with Gasteiger partial charge in [0, 0.05) is 12.5 Å². The molecule has 1 heterocycles. The third-order valence-electron chi connectivity index (χ3n) is 3.85. The summed E-state index contributed by atoms with van der Waals surface area (Å²) >= 11 is 0. The lowest BCUT2D eigenvalue weighted by Gasteiger charge is -2.29. The Morgan fingerprint density at radius 3 is 2.54 bits per heavy atom. The van der Waals surface area contributed by atoms with Gasteiger partial charge in [-0.2, -0.15) is 0 Å². The van der Waals surface area contributed by atoms with E-state index < -0.39 is 0 Å². The molecule has 0 radical (unpaired) electrons. The third-order valence-corrected chi connectivity index (χ3v) is 3.85. The molecule has 2 rings (SSSR count). The molecule has 0 aromatic carbocycles. The van der Waals surface area contributed by atoms with Crippen molar-refractivity contribution in [2.45, 2.75) is 32.1 Å². The van der Waals surface area contributed by atoms with Gasteiger partial charge in [-0.3, -0.25) is 4.39 Å². The molecule has 1 saturated heterocycles. The minimum atomic E-state index is -0.117. The second-order valence-electron chi connectivity index (χ2n) is 4.63. The molecule has 0 spiro atoms. The van der Waals surface area contributed by atoms with Crippen LogP contribution in [-0.4, -0.2) is 19.8 Å². The quantitative estimate of drug-likeness (QED) is 0.696. The molecule has 13 heavy (non-hydrogen) atoms. The Labute approximate surface area is 80.1 Å². The molecule has 0 unspecified atom stereocenters. The Morgan fingerprint density at radius 2 is 1.85 bits per heavy atom. The zero-order valence-corrected chi connectivity index (χ0v) is 8.27. The topological polar surface area (TPSA) is 12.0 Å². The average molecular weight is 185 g/mol. The fourth-order valence-electron chi connectivity index (χ4n) is 3.04. The van der Waals surface area contributed by atoms with Gasteiger partial charge < -0.3 is 5.32 Å². The molecular weight excluding hydrogens is 165 g/mol. The molecule has 76 valence electrons. The maximum Gasteiger partial charge on any atom is 0.0937 e. The summed E-state index contributed by atoms with van der Waals surface area (Å²) in [5.74, 6) is 1.79. The van der Waals surface area contributed by atoms with Crippen LogP contribution in [0.1, 0.15) is 32.1 Å². The summed E-state index contributed by atoms with van der Waals surface area (Å²) in [7, 11) is 0. The lowest BCUT2D eigenvalue weighted by Crippen LogP contribution is -2.25. The van der Waals surface area contributed by atoms with Crippen LogP contribution in [0.25, 0.3) is 0 Å². The SMILES string of the molecule is FC[C@@H]1CNC[C@@H]1C1CCCCC1. The van der Waals surface area contributed by atoms with E-state index >= 15 is 0 Å². The lowest BCUT2D eigenvalue weighted by atomic mass is 9.76. The molecular formula is C11H20FN. The molecule has 1 N–H and O–H groups in total. The van der Waals surface area contributed by atoms with E-state index in [0.717, 1.165) is 19.0 Å². The largest absolute Gasteiger partial charge is 0.316 e. The summed E-state index contributed by atoms with van der Waals surface area (Å²) in [6.07, 6.45) is 6.85. The first-order valence-corrected chi connectivity index (χ1v) is 5.68. The third kappa shape index (κ3) is 2.04. The Kier molecular flexibility index (Phi) is 3.20. The first kappa shape index (κ1) is 9.45. The Morgan fingerprint density at radius 1 is 1.08 bits per heavy atom. The van der Waals surface area contributed by atoms with Crippen LogP contribution in [0.2, 0.25) is 0 Å². The fourth-order valence-corrected chi connectivity index (χ4v) is 3.04. The minimum absolute atomic E-state index is 0.117. The van der Waals surface area contributed by atoms with Gasteiger partial charge in [0.2, 0.25) is 0 Å². The zero-order valence-electron chi connectivity index (χ0n) is 8.27. The predicted molar refractivity (Wildman–Crippen MR) is 52.4 cm³/mol.